The largest absolute Gasteiger partial charge is 0.366 e. The molecule has 5 nitrogen and oxygen atoms in total. The molecule has 2 aromatic rings. The van der Waals surface area contributed by atoms with Gasteiger partial charge in [-0.3, -0.25) is 9.59 Å². The third-order valence-corrected chi connectivity index (χ3v) is 5.25. The summed E-state index contributed by atoms with van der Waals surface area (Å²) in [6.45, 7) is 0.881. The second-order valence-electron chi connectivity index (χ2n) is 7.35. The molecular weight excluding hydrogens is 350 g/mol. The number of benzene rings is 2. The minimum atomic E-state index is -0.451. The van der Waals surface area contributed by atoms with Crippen LogP contribution in [0.1, 0.15) is 41.6 Å². The van der Waals surface area contributed by atoms with Gasteiger partial charge < -0.3 is 11.1 Å². The van der Waals surface area contributed by atoms with E-state index in [0.717, 1.165) is 42.5 Å². The van der Waals surface area contributed by atoms with Crippen molar-refractivity contribution >= 4 is 11.7 Å². The van der Waals surface area contributed by atoms with Gasteiger partial charge in [0.1, 0.15) is 0 Å². The zero-order chi connectivity index (χ0) is 19.9. The molecule has 0 radical (unpaired) electrons. The Hall–Kier alpha value is -2.97. The zero-order valence-corrected chi connectivity index (χ0v) is 15.9. The Balaban J connectivity index is 1.64. The highest BCUT2D eigenvalue weighted by Gasteiger charge is 2.23. The number of Topliss-reactive ketones (excluding diaryl/α,β-unsaturated/α-hetero) is 1. The van der Waals surface area contributed by atoms with Crippen molar-refractivity contribution in [3.63, 3.8) is 0 Å². The van der Waals surface area contributed by atoms with Crippen LogP contribution in [0.4, 0.5) is 0 Å². The minimum Gasteiger partial charge on any atom is -0.366 e. The highest BCUT2D eigenvalue weighted by atomic mass is 16.1. The van der Waals surface area contributed by atoms with Crippen molar-refractivity contribution in [3.05, 3.63) is 59.7 Å². The molecule has 1 aliphatic heterocycles. The lowest BCUT2D eigenvalue weighted by molar-refractivity contribution is -0.122. The standard InChI is InChI=1S/C23H25N3O2/c24-15-17(13-22(27)21-6-1-2-11-26-21)12-16-7-9-18(10-8-16)19-4-3-5-20(14-19)23(25)28/h3-5,7-10,14,17,21,26H,1-2,6,11-13H2,(H2,25,28)/t17-,21+/m1/s1. The smallest absolute Gasteiger partial charge is 0.248 e. The van der Waals surface area contributed by atoms with Crippen molar-refractivity contribution < 1.29 is 9.59 Å². The molecule has 1 fully saturated rings. The van der Waals surface area contributed by atoms with E-state index in [1.807, 2.05) is 30.3 Å². The lowest BCUT2D eigenvalue weighted by atomic mass is 9.90. The summed E-state index contributed by atoms with van der Waals surface area (Å²) in [5.74, 6) is -0.626. The van der Waals surface area contributed by atoms with Gasteiger partial charge in [-0.2, -0.15) is 5.26 Å². The maximum absolute atomic E-state index is 12.4. The summed E-state index contributed by atoms with van der Waals surface area (Å²) in [4.78, 5) is 23.8. The van der Waals surface area contributed by atoms with Crippen molar-refractivity contribution in [2.24, 2.45) is 11.7 Å². The van der Waals surface area contributed by atoms with E-state index in [9.17, 15) is 14.9 Å². The van der Waals surface area contributed by atoms with Crippen LogP contribution in [-0.4, -0.2) is 24.3 Å². The first-order valence-corrected chi connectivity index (χ1v) is 9.71. The number of rotatable bonds is 7. The number of nitriles is 1. The molecule has 2 atom stereocenters. The molecule has 0 saturated carbocycles. The number of hydrogen-bond donors (Lipinski definition) is 2. The lowest BCUT2D eigenvalue weighted by Crippen LogP contribution is -2.41. The summed E-state index contributed by atoms with van der Waals surface area (Å²) < 4.78 is 0. The van der Waals surface area contributed by atoms with Crippen LogP contribution in [0.25, 0.3) is 11.1 Å². The predicted octanol–water partition coefficient (Wildman–Crippen LogP) is 3.24. The van der Waals surface area contributed by atoms with E-state index in [1.165, 1.54) is 0 Å². The van der Waals surface area contributed by atoms with Gasteiger partial charge in [-0.05, 0) is 54.6 Å². The highest BCUT2D eigenvalue weighted by molar-refractivity contribution is 5.94. The first-order chi connectivity index (χ1) is 13.6. The number of hydrogen-bond acceptors (Lipinski definition) is 4. The van der Waals surface area contributed by atoms with E-state index in [0.29, 0.717) is 12.0 Å². The summed E-state index contributed by atoms with van der Waals surface area (Å²) in [6.07, 6.45) is 3.89. The number of piperidine rings is 1. The van der Waals surface area contributed by atoms with Crippen LogP contribution in [0.15, 0.2) is 48.5 Å². The van der Waals surface area contributed by atoms with Crippen LogP contribution in [-0.2, 0) is 11.2 Å². The summed E-state index contributed by atoms with van der Waals surface area (Å²) >= 11 is 0. The van der Waals surface area contributed by atoms with Crippen molar-refractivity contribution in [1.82, 2.24) is 5.32 Å². The van der Waals surface area contributed by atoms with Gasteiger partial charge in [-0.15, -0.1) is 0 Å². The molecule has 3 N–H and O–H groups in total. The molecule has 0 unspecified atom stereocenters. The van der Waals surface area contributed by atoms with E-state index in [-0.39, 0.29) is 24.2 Å². The summed E-state index contributed by atoms with van der Waals surface area (Å²) in [6, 6.07) is 17.3. The van der Waals surface area contributed by atoms with Gasteiger partial charge in [0, 0.05) is 12.0 Å². The van der Waals surface area contributed by atoms with Gasteiger partial charge in [-0.1, -0.05) is 42.8 Å². The van der Waals surface area contributed by atoms with Gasteiger partial charge in [0.05, 0.1) is 18.0 Å². The van der Waals surface area contributed by atoms with Crippen LogP contribution >= 0.6 is 0 Å². The molecule has 0 spiro atoms. The molecule has 28 heavy (non-hydrogen) atoms. The maximum Gasteiger partial charge on any atom is 0.248 e. The molecule has 0 aromatic heterocycles. The van der Waals surface area contributed by atoms with Crippen molar-refractivity contribution in [2.75, 3.05) is 6.54 Å². The summed E-state index contributed by atoms with van der Waals surface area (Å²) in [5, 5.41) is 12.7. The van der Waals surface area contributed by atoms with Gasteiger partial charge in [0.25, 0.3) is 0 Å². The topological polar surface area (TPSA) is 96.0 Å². The number of nitrogens with zero attached hydrogens (tertiary/aromatic N) is 1. The Morgan fingerprint density at radius 1 is 1.14 bits per heavy atom. The lowest BCUT2D eigenvalue weighted by Gasteiger charge is -2.23. The van der Waals surface area contributed by atoms with Crippen molar-refractivity contribution in [2.45, 2.75) is 38.1 Å². The number of nitrogens with one attached hydrogen (secondary N) is 1. The zero-order valence-electron chi connectivity index (χ0n) is 15.9. The molecule has 1 amide bonds. The Morgan fingerprint density at radius 2 is 1.93 bits per heavy atom. The van der Waals surface area contributed by atoms with Crippen LogP contribution in [0.3, 0.4) is 0 Å². The molecule has 0 bridgehead atoms. The van der Waals surface area contributed by atoms with Crippen LogP contribution < -0.4 is 11.1 Å². The van der Waals surface area contributed by atoms with Gasteiger partial charge >= 0.3 is 0 Å². The van der Waals surface area contributed by atoms with E-state index in [4.69, 9.17) is 5.73 Å². The SMILES string of the molecule is N#C[C@@H](CC(=O)[C@@H]1CCCCN1)Cc1ccc(-c2cccc(C(N)=O)c2)cc1. The van der Waals surface area contributed by atoms with E-state index in [1.54, 1.807) is 18.2 Å². The van der Waals surface area contributed by atoms with Gasteiger partial charge in [-0.25, -0.2) is 0 Å². The summed E-state index contributed by atoms with van der Waals surface area (Å²) in [5.41, 5.74) is 8.73. The predicted molar refractivity (Wildman–Crippen MR) is 108 cm³/mol. The second-order valence-corrected chi connectivity index (χ2v) is 7.35. The Kier molecular flexibility index (Phi) is 6.57. The van der Waals surface area contributed by atoms with Gasteiger partial charge in [0.2, 0.25) is 5.91 Å². The molecule has 144 valence electrons. The quantitative estimate of drug-likeness (QED) is 0.776. The fourth-order valence-corrected chi connectivity index (χ4v) is 3.65. The molecule has 2 aromatic carbocycles. The Morgan fingerprint density at radius 3 is 2.57 bits per heavy atom. The molecule has 1 heterocycles. The number of ketones is 1. The molecule has 1 saturated heterocycles. The van der Waals surface area contributed by atoms with Crippen molar-refractivity contribution in [3.8, 4) is 17.2 Å². The number of amides is 1. The number of primary amides is 1. The minimum absolute atomic E-state index is 0.0930. The highest BCUT2D eigenvalue weighted by Crippen LogP contribution is 2.23. The van der Waals surface area contributed by atoms with Crippen LogP contribution in [0.2, 0.25) is 0 Å². The number of nitrogens with two attached hydrogens (primary N) is 1. The number of carbonyl (C=O) groups is 2. The van der Waals surface area contributed by atoms with E-state index >= 15 is 0 Å². The molecule has 3 rings (SSSR count). The molecule has 0 aliphatic carbocycles. The summed E-state index contributed by atoms with van der Waals surface area (Å²) in [7, 11) is 0. The Labute approximate surface area is 165 Å². The van der Waals surface area contributed by atoms with Crippen LogP contribution in [0.5, 0.6) is 0 Å². The Bertz CT molecular complexity index is 877. The van der Waals surface area contributed by atoms with Gasteiger partial charge in [0.15, 0.2) is 5.78 Å². The first-order valence-electron chi connectivity index (χ1n) is 9.71. The average Bonchev–Trinajstić information content (AvgIpc) is 2.74. The molecule has 5 heteroatoms. The third kappa shape index (κ3) is 5.05. The number of carbonyl (C=O) groups excluding carboxylic acids is 2. The second kappa shape index (κ2) is 9.29. The van der Waals surface area contributed by atoms with E-state index < -0.39 is 5.91 Å². The molecule has 1 aliphatic rings. The molecular formula is C23H25N3O2. The maximum atomic E-state index is 12.4. The van der Waals surface area contributed by atoms with Crippen LogP contribution in [0, 0.1) is 17.2 Å². The third-order valence-electron chi connectivity index (χ3n) is 5.25. The van der Waals surface area contributed by atoms with E-state index in [2.05, 4.69) is 11.4 Å². The first kappa shape index (κ1) is 19.8. The fourth-order valence-electron chi connectivity index (χ4n) is 3.65. The van der Waals surface area contributed by atoms with Crippen molar-refractivity contribution in [1.29, 1.82) is 5.26 Å². The fraction of sp³-hybridized carbons (Fsp3) is 0.348. The average molecular weight is 375 g/mol. The monoisotopic (exact) mass is 375 g/mol. The normalized spacial score (nSPS) is 17.5.